The van der Waals surface area contributed by atoms with E-state index in [2.05, 4.69) is 10.0 Å². The highest BCUT2D eigenvalue weighted by Crippen LogP contribution is 2.26. The van der Waals surface area contributed by atoms with Crippen molar-refractivity contribution in [2.45, 2.75) is 36.2 Å². The highest BCUT2D eigenvalue weighted by Gasteiger charge is 2.29. The maximum Gasteiger partial charge on any atom is 0.242 e. The molecule has 1 saturated carbocycles. The molecule has 0 bridgehead atoms. The summed E-state index contributed by atoms with van der Waals surface area (Å²) in [6.45, 7) is 1.36. The summed E-state index contributed by atoms with van der Waals surface area (Å²) in [4.78, 5) is 0.328. The summed E-state index contributed by atoms with van der Waals surface area (Å²) in [6.07, 6.45) is 2.78. The van der Waals surface area contributed by atoms with Gasteiger partial charge in [-0.3, -0.25) is 0 Å². The van der Waals surface area contributed by atoms with Crippen molar-refractivity contribution >= 4 is 15.7 Å². The van der Waals surface area contributed by atoms with E-state index in [1.165, 1.54) is 0 Å². The number of para-hydroxylation sites is 1. The molecule has 0 radical (unpaired) electrons. The van der Waals surface area contributed by atoms with E-state index in [0.717, 1.165) is 25.9 Å². The second kappa shape index (κ2) is 5.11. The van der Waals surface area contributed by atoms with Crippen LogP contribution in [0.5, 0.6) is 0 Å². The summed E-state index contributed by atoms with van der Waals surface area (Å²) in [6, 6.07) is 7.35. The summed E-state index contributed by atoms with van der Waals surface area (Å²) in [5, 5.41) is 3.27. The molecule has 104 valence electrons. The van der Waals surface area contributed by atoms with Crippen LogP contribution in [0.4, 0.5) is 5.69 Å². The third kappa shape index (κ3) is 3.08. The highest BCUT2D eigenvalue weighted by atomic mass is 32.2. The van der Waals surface area contributed by atoms with Gasteiger partial charge in [0.1, 0.15) is 4.90 Å². The van der Waals surface area contributed by atoms with Gasteiger partial charge in [-0.15, -0.1) is 0 Å². The highest BCUT2D eigenvalue weighted by molar-refractivity contribution is 7.89. The first-order valence-electron chi connectivity index (χ1n) is 6.61. The smallest absolute Gasteiger partial charge is 0.242 e. The molecule has 3 rings (SSSR count). The molecule has 1 aromatic rings. The monoisotopic (exact) mass is 282 g/mol. The van der Waals surface area contributed by atoms with Crippen LogP contribution in [0, 0.1) is 0 Å². The average molecular weight is 282 g/mol. The topological polar surface area (TPSA) is 67.4 Å². The Morgan fingerprint density at radius 3 is 2.58 bits per heavy atom. The quantitative estimate of drug-likeness (QED) is 0.855. The van der Waals surface area contributed by atoms with Crippen LogP contribution in [0.25, 0.3) is 0 Å². The minimum Gasteiger partial charge on any atom is -0.379 e. The van der Waals surface area contributed by atoms with E-state index in [1.54, 1.807) is 18.2 Å². The molecule has 1 heterocycles. The van der Waals surface area contributed by atoms with Crippen LogP contribution in [0.3, 0.4) is 0 Å². The zero-order valence-electron chi connectivity index (χ0n) is 10.6. The van der Waals surface area contributed by atoms with Gasteiger partial charge in [-0.25, -0.2) is 13.1 Å². The Labute approximate surface area is 113 Å². The van der Waals surface area contributed by atoms with Crippen LogP contribution in [0.2, 0.25) is 0 Å². The lowest BCUT2D eigenvalue weighted by Crippen LogP contribution is -2.28. The molecule has 2 fully saturated rings. The number of ether oxygens (including phenoxy) is 1. The number of nitrogens with one attached hydrogen (secondary N) is 2. The predicted molar refractivity (Wildman–Crippen MR) is 72.6 cm³/mol. The fourth-order valence-electron chi connectivity index (χ4n) is 2.17. The maximum atomic E-state index is 12.3. The summed E-state index contributed by atoms with van der Waals surface area (Å²) < 4.78 is 32.6. The zero-order chi connectivity index (χ0) is 13.3. The summed E-state index contributed by atoms with van der Waals surface area (Å²) in [7, 11) is -3.42. The normalized spacial score (nSPS) is 23.5. The van der Waals surface area contributed by atoms with Crippen molar-refractivity contribution in [3.8, 4) is 0 Å². The number of hydrogen-bond donors (Lipinski definition) is 2. The molecule has 1 aliphatic heterocycles. The van der Waals surface area contributed by atoms with E-state index in [-0.39, 0.29) is 12.1 Å². The van der Waals surface area contributed by atoms with E-state index in [1.807, 2.05) is 6.07 Å². The largest absolute Gasteiger partial charge is 0.379 e. The minimum atomic E-state index is -3.42. The van der Waals surface area contributed by atoms with Crippen molar-refractivity contribution in [3.05, 3.63) is 24.3 Å². The third-order valence-corrected chi connectivity index (χ3v) is 4.94. The fraction of sp³-hybridized carbons (Fsp3) is 0.538. The van der Waals surface area contributed by atoms with Gasteiger partial charge in [0.2, 0.25) is 10.0 Å². The molecule has 0 spiro atoms. The zero-order valence-corrected chi connectivity index (χ0v) is 11.4. The third-order valence-electron chi connectivity index (χ3n) is 3.37. The Bertz CT molecular complexity index is 549. The molecule has 5 nitrogen and oxygen atoms in total. The number of anilines is 1. The summed E-state index contributed by atoms with van der Waals surface area (Å²) >= 11 is 0. The Morgan fingerprint density at radius 2 is 1.89 bits per heavy atom. The summed E-state index contributed by atoms with van der Waals surface area (Å²) in [5.74, 6) is 0. The van der Waals surface area contributed by atoms with Crippen LogP contribution in [-0.4, -0.2) is 33.7 Å². The Kier molecular flexibility index (Phi) is 3.47. The van der Waals surface area contributed by atoms with Gasteiger partial charge in [0.15, 0.2) is 0 Å². The lowest BCUT2D eigenvalue weighted by molar-refractivity contribution is 0.195. The molecule has 2 N–H and O–H groups in total. The van der Waals surface area contributed by atoms with Gasteiger partial charge in [-0.1, -0.05) is 12.1 Å². The standard InChI is InChI=1S/C13H18N2O3S/c16-19(17,15-10-5-6-10)13-4-2-1-3-12(13)14-11-7-8-18-9-11/h1-4,10-11,14-15H,5-9H2. The Morgan fingerprint density at radius 1 is 1.11 bits per heavy atom. The molecule has 1 unspecified atom stereocenters. The molecule has 1 atom stereocenters. The number of hydrogen-bond acceptors (Lipinski definition) is 4. The number of sulfonamides is 1. The van der Waals surface area contributed by atoms with Crippen LogP contribution in [-0.2, 0) is 14.8 Å². The van der Waals surface area contributed by atoms with Gasteiger partial charge >= 0.3 is 0 Å². The molecule has 6 heteroatoms. The first-order valence-corrected chi connectivity index (χ1v) is 8.09. The van der Waals surface area contributed by atoms with Crippen molar-refractivity contribution < 1.29 is 13.2 Å². The van der Waals surface area contributed by atoms with E-state index in [0.29, 0.717) is 17.2 Å². The lowest BCUT2D eigenvalue weighted by atomic mass is 10.2. The maximum absolute atomic E-state index is 12.3. The van der Waals surface area contributed by atoms with Gasteiger partial charge in [0, 0.05) is 12.6 Å². The number of rotatable bonds is 5. The molecule has 0 amide bonds. The molecular weight excluding hydrogens is 264 g/mol. The van der Waals surface area contributed by atoms with Crippen molar-refractivity contribution in [2.24, 2.45) is 0 Å². The second-order valence-corrected chi connectivity index (χ2v) is 6.78. The van der Waals surface area contributed by atoms with Crippen LogP contribution < -0.4 is 10.0 Å². The molecule has 1 aromatic carbocycles. The van der Waals surface area contributed by atoms with Crippen molar-refractivity contribution in [3.63, 3.8) is 0 Å². The second-order valence-electron chi connectivity index (χ2n) is 5.10. The van der Waals surface area contributed by atoms with Gasteiger partial charge in [-0.05, 0) is 31.4 Å². The predicted octanol–water partition coefficient (Wildman–Crippen LogP) is 1.33. The van der Waals surface area contributed by atoms with Crippen molar-refractivity contribution in [1.82, 2.24) is 4.72 Å². The lowest BCUT2D eigenvalue weighted by Gasteiger charge is -2.16. The first kappa shape index (κ1) is 12.9. The molecule has 1 aliphatic carbocycles. The van der Waals surface area contributed by atoms with Gasteiger partial charge in [0.05, 0.1) is 18.3 Å². The molecule has 0 aromatic heterocycles. The van der Waals surface area contributed by atoms with Gasteiger partial charge in [0.25, 0.3) is 0 Å². The van der Waals surface area contributed by atoms with Crippen molar-refractivity contribution in [2.75, 3.05) is 18.5 Å². The Balaban J connectivity index is 1.83. The molecule has 19 heavy (non-hydrogen) atoms. The van der Waals surface area contributed by atoms with Crippen LogP contribution >= 0.6 is 0 Å². The van der Waals surface area contributed by atoms with Crippen LogP contribution in [0.1, 0.15) is 19.3 Å². The van der Waals surface area contributed by atoms with E-state index in [9.17, 15) is 8.42 Å². The average Bonchev–Trinajstić information content (AvgIpc) is 3.03. The van der Waals surface area contributed by atoms with E-state index in [4.69, 9.17) is 4.74 Å². The van der Waals surface area contributed by atoms with Crippen molar-refractivity contribution in [1.29, 1.82) is 0 Å². The SMILES string of the molecule is O=S(=O)(NC1CC1)c1ccccc1NC1CCOC1. The minimum absolute atomic E-state index is 0.118. The first-order chi connectivity index (χ1) is 9.15. The number of benzene rings is 1. The van der Waals surface area contributed by atoms with Crippen LogP contribution in [0.15, 0.2) is 29.2 Å². The molecule has 2 aliphatic rings. The van der Waals surface area contributed by atoms with Gasteiger partial charge < -0.3 is 10.1 Å². The Hall–Kier alpha value is -1.11. The van der Waals surface area contributed by atoms with E-state index >= 15 is 0 Å². The molecular formula is C13H18N2O3S. The fourth-order valence-corrected chi connectivity index (χ4v) is 3.65. The van der Waals surface area contributed by atoms with Gasteiger partial charge in [-0.2, -0.15) is 0 Å². The molecule has 1 saturated heterocycles. The summed E-state index contributed by atoms with van der Waals surface area (Å²) in [5.41, 5.74) is 0.658. The van der Waals surface area contributed by atoms with E-state index < -0.39 is 10.0 Å².